The van der Waals surface area contributed by atoms with Crippen molar-refractivity contribution in [3.63, 3.8) is 0 Å². The minimum Gasteiger partial charge on any atom is -0.464 e. The summed E-state index contributed by atoms with van der Waals surface area (Å²) in [5.41, 5.74) is 0. The fourth-order valence-electron chi connectivity index (χ4n) is 0.986. The highest BCUT2D eigenvalue weighted by Crippen LogP contribution is 2.17. The lowest BCUT2D eigenvalue weighted by molar-refractivity contribution is -0.193. The molecule has 0 aromatic heterocycles. The molecule has 0 saturated carbocycles. The van der Waals surface area contributed by atoms with E-state index in [9.17, 15) is 10.2 Å². The van der Waals surface area contributed by atoms with Gasteiger partial charge in [0.1, 0.15) is 24.6 Å². The summed E-state index contributed by atoms with van der Waals surface area (Å²) in [5, 5.41) is 27.1. The van der Waals surface area contributed by atoms with Crippen LogP contribution in [0.25, 0.3) is 0 Å². The maximum absolute atomic E-state index is 9.22. The van der Waals surface area contributed by atoms with Crippen LogP contribution < -0.4 is 0 Å². The molecule has 12 heavy (non-hydrogen) atoms. The van der Waals surface area contributed by atoms with Crippen molar-refractivity contribution in [2.24, 2.45) is 0 Å². The molecule has 0 saturated heterocycles. The molecular formula is C7H12O5. The number of hydrogen-bond acceptors (Lipinski definition) is 5. The summed E-state index contributed by atoms with van der Waals surface area (Å²) < 4.78 is 9.67. The number of ether oxygens (including phenoxy) is 2. The maximum Gasteiger partial charge on any atom is 0.228 e. The van der Waals surface area contributed by atoms with Crippen molar-refractivity contribution in [3.05, 3.63) is 11.8 Å². The molecule has 1 rings (SSSR count). The third-order valence-corrected chi connectivity index (χ3v) is 1.64. The van der Waals surface area contributed by atoms with E-state index in [1.165, 1.54) is 13.2 Å². The van der Waals surface area contributed by atoms with Gasteiger partial charge in [-0.05, 0) is 6.08 Å². The minimum absolute atomic E-state index is 0.208. The van der Waals surface area contributed by atoms with Gasteiger partial charge >= 0.3 is 0 Å². The van der Waals surface area contributed by atoms with Gasteiger partial charge in [0.2, 0.25) is 6.29 Å². The van der Waals surface area contributed by atoms with Gasteiger partial charge in [0, 0.05) is 7.11 Å². The molecule has 3 N–H and O–H groups in total. The van der Waals surface area contributed by atoms with Crippen molar-refractivity contribution in [3.8, 4) is 0 Å². The second-order valence-electron chi connectivity index (χ2n) is 2.49. The lowest BCUT2D eigenvalue weighted by atomic mass is 10.1. The number of aliphatic hydroxyl groups is 3. The van der Waals surface area contributed by atoms with E-state index in [0.29, 0.717) is 0 Å². The van der Waals surface area contributed by atoms with E-state index in [1.807, 2.05) is 0 Å². The molecule has 3 atom stereocenters. The van der Waals surface area contributed by atoms with Gasteiger partial charge in [-0.15, -0.1) is 0 Å². The quantitative estimate of drug-likeness (QED) is 0.481. The van der Waals surface area contributed by atoms with Gasteiger partial charge in [-0.2, -0.15) is 0 Å². The molecule has 5 heteroatoms. The smallest absolute Gasteiger partial charge is 0.228 e. The van der Waals surface area contributed by atoms with Gasteiger partial charge in [0.05, 0.1) is 0 Å². The summed E-state index contributed by atoms with van der Waals surface area (Å²) in [7, 11) is 1.35. The molecule has 0 bridgehead atoms. The number of hydrogen-bond donors (Lipinski definition) is 3. The molecule has 70 valence electrons. The third kappa shape index (κ3) is 1.75. The number of rotatable bonds is 2. The molecule has 0 unspecified atom stereocenters. The van der Waals surface area contributed by atoms with Gasteiger partial charge < -0.3 is 24.8 Å². The standard InChI is InChI=1S/C7H12O5/c1-11-7-6(10)5(9)2-4(3-8)12-7/h2,5-10H,3H2,1H3/t5-,6-,7-/m0/s1. The summed E-state index contributed by atoms with van der Waals surface area (Å²) in [6, 6.07) is 0. The van der Waals surface area contributed by atoms with Crippen LogP contribution in [0.4, 0.5) is 0 Å². The highest BCUT2D eigenvalue weighted by Gasteiger charge is 2.31. The highest BCUT2D eigenvalue weighted by atomic mass is 16.7. The van der Waals surface area contributed by atoms with Crippen molar-refractivity contribution in [1.29, 1.82) is 0 Å². The monoisotopic (exact) mass is 176 g/mol. The van der Waals surface area contributed by atoms with Crippen LogP contribution >= 0.6 is 0 Å². The van der Waals surface area contributed by atoms with Crippen molar-refractivity contribution in [1.82, 2.24) is 0 Å². The van der Waals surface area contributed by atoms with Crippen LogP contribution in [0.5, 0.6) is 0 Å². The molecule has 0 aromatic rings. The van der Waals surface area contributed by atoms with Crippen LogP contribution in [0.2, 0.25) is 0 Å². The number of aliphatic hydroxyl groups excluding tert-OH is 3. The molecule has 0 radical (unpaired) electrons. The molecule has 1 aliphatic rings. The van der Waals surface area contributed by atoms with Gasteiger partial charge in [0.15, 0.2) is 0 Å². The van der Waals surface area contributed by atoms with Crippen LogP contribution in [-0.2, 0) is 9.47 Å². The van der Waals surface area contributed by atoms with Crippen LogP contribution in [0, 0.1) is 0 Å². The van der Waals surface area contributed by atoms with Gasteiger partial charge in [0.25, 0.3) is 0 Å². The zero-order chi connectivity index (χ0) is 9.14. The summed E-state index contributed by atoms with van der Waals surface area (Å²) >= 11 is 0. The first-order chi connectivity index (χ1) is 5.69. The summed E-state index contributed by atoms with van der Waals surface area (Å²) in [6.45, 7) is -0.316. The Balaban J connectivity index is 2.68. The predicted molar refractivity (Wildman–Crippen MR) is 39.1 cm³/mol. The first kappa shape index (κ1) is 9.47. The zero-order valence-electron chi connectivity index (χ0n) is 6.67. The predicted octanol–water partition coefficient (Wildman–Crippen LogP) is -1.41. The Kier molecular flexibility index (Phi) is 3.05. The van der Waals surface area contributed by atoms with Gasteiger partial charge in [-0.25, -0.2) is 0 Å². The summed E-state index contributed by atoms with van der Waals surface area (Å²) in [6.07, 6.45) is -1.82. The molecule has 0 fully saturated rings. The Morgan fingerprint density at radius 2 is 2.25 bits per heavy atom. The van der Waals surface area contributed by atoms with Crippen molar-refractivity contribution < 1.29 is 24.8 Å². The number of methoxy groups -OCH3 is 1. The molecule has 0 aliphatic carbocycles. The largest absolute Gasteiger partial charge is 0.464 e. The Morgan fingerprint density at radius 1 is 1.58 bits per heavy atom. The van der Waals surface area contributed by atoms with Gasteiger partial charge in [-0.1, -0.05) is 0 Å². The summed E-state index contributed by atoms with van der Waals surface area (Å²) in [5.74, 6) is 0.208. The third-order valence-electron chi connectivity index (χ3n) is 1.64. The van der Waals surface area contributed by atoms with E-state index < -0.39 is 18.5 Å². The Bertz CT molecular complexity index is 179. The molecule has 5 nitrogen and oxygen atoms in total. The second kappa shape index (κ2) is 3.86. The van der Waals surface area contributed by atoms with E-state index in [-0.39, 0.29) is 12.4 Å². The average molecular weight is 176 g/mol. The first-order valence-corrected chi connectivity index (χ1v) is 3.56. The van der Waals surface area contributed by atoms with Crippen LogP contribution in [0.15, 0.2) is 11.8 Å². The second-order valence-corrected chi connectivity index (χ2v) is 2.49. The molecule has 0 aromatic carbocycles. The Hall–Kier alpha value is -0.620. The average Bonchev–Trinajstić information content (AvgIpc) is 2.09. The van der Waals surface area contributed by atoms with E-state index >= 15 is 0 Å². The Labute approximate surface area is 69.8 Å². The highest BCUT2D eigenvalue weighted by molar-refractivity contribution is 5.05. The maximum atomic E-state index is 9.22. The van der Waals surface area contributed by atoms with E-state index in [0.717, 1.165) is 0 Å². The van der Waals surface area contributed by atoms with Crippen LogP contribution in [-0.4, -0.2) is 47.5 Å². The Morgan fingerprint density at radius 3 is 2.75 bits per heavy atom. The van der Waals surface area contributed by atoms with E-state index in [2.05, 4.69) is 0 Å². The molecule has 0 spiro atoms. The molecule has 1 heterocycles. The zero-order valence-corrected chi connectivity index (χ0v) is 6.67. The normalized spacial score (nSPS) is 35.7. The van der Waals surface area contributed by atoms with E-state index in [4.69, 9.17) is 14.6 Å². The fourth-order valence-corrected chi connectivity index (χ4v) is 0.986. The van der Waals surface area contributed by atoms with E-state index in [1.54, 1.807) is 0 Å². The van der Waals surface area contributed by atoms with Crippen LogP contribution in [0.1, 0.15) is 0 Å². The fraction of sp³-hybridized carbons (Fsp3) is 0.714. The van der Waals surface area contributed by atoms with Crippen LogP contribution in [0.3, 0.4) is 0 Å². The van der Waals surface area contributed by atoms with Crippen molar-refractivity contribution in [2.45, 2.75) is 18.5 Å². The summed E-state index contributed by atoms with van der Waals surface area (Å²) in [4.78, 5) is 0. The van der Waals surface area contributed by atoms with Crippen molar-refractivity contribution >= 4 is 0 Å². The first-order valence-electron chi connectivity index (χ1n) is 3.56. The van der Waals surface area contributed by atoms with Gasteiger partial charge in [-0.3, -0.25) is 0 Å². The SMILES string of the molecule is CO[C@H]1OC(CO)=C[C@H](O)[C@@H]1O. The molecule has 1 aliphatic heterocycles. The minimum atomic E-state index is -1.11. The lowest BCUT2D eigenvalue weighted by Crippen LogP contribution is -2.43. The topological polar surface area (TPSA) is 79.2 Å². The van der Waals surface area contributed by atoms with Crippen molar-refractivity contribution in [2.75, 3.05) is 13.7 Å². The lowest BCUT2D eigenvalue weighted by Gasteiger charge is -2.30. The molecular weight excluding hydrogens is 164 g/mol. The molecule has 0 amide bonds.